The molecule has 14 heteroatoms. The van der Waals surface area contributed by atoms with Gasteiger partial charge in [0, 0.05) is 58.7 Å². The number of thiophene rings is 2. The fraction of sp³-hybridized carbons (Fsp3) is 0. The van der Waals surface area contributed by atoms with Gasteiger partial charge in [-0.2, -0.15) is 0 Å². The van der Waals surface area contributed by atoms with Crippen LogP contribution in [0, 0.1) is 5.82 Å². The summed E-state index contributed by atoms with van der Waals surface area (Å²) in [6, 6.07) is 22.2. The average Bonchev–Trinajstić information content (AvgIpc) is 3.70. The van der Waals surface area contributed by atoms with Crippen LogP contribution >= 0.6 is 69.1 Å². The molecule has 250 valence electrons. The summed E-state index contributed by atoms with van der Waals surface area (Å²) < 4.78 is 19.3. The molecule has 2 aromatic heterocycles. The highest BCUT2D eigenvalue weighted by Crippen LogP contribution is 2.41. The van der Waals surface area contributed by atoms with E-state index in [1.807, 2.05) is 0 Å². The van der Waals surface area contributed by atoms with Gasteiger partial charge in [0.2, 0.25) is 0 Å². The number of carbonyl (C=O) groups excluding carboxylic acids is 4. The first-order chi connectivity index (χ1) is 24.0. The Bertz CT molecular complexity index is 2270. The van der Waals surface area contributed by atoms with Crippen molar-refractivity contribution in [1.82, 2.24) is 0 Å². The number of benzene rings is 4. The van der Waals surface area contributed by atoms with Crippen LogP contribution in [-0.4, -0.2) is 23.8 Å². The molecule has 0 saturated carbocycles. The van der Waals surface area contributed by atoms with Crippen molar-refractivity contribution in [3.63, 3.8) is 0 Å². The zero-order valence-electron chi connectivity index (χ0n) is 25.1. The average molecular weight is 785 g/mol. The van der Waals surface area contributed by atoms with Gasteiger partial charge in [0.25, 0.3) is 11.8 Å². The van der Waals surface area contributed by atoms with Crippen LogP contribution in [-0.2, 0) is 4.74 Å². The number of hydrogen-bond acceptors (Lipinski definition) is 7. The summed E-state index contributed by atoms with van der Waals surface area (Å²) in [6.45, 7) is 0. The summed E-state index contributed by atoms with van der Waals surface area (Å²) in [5.74, 6) is -3.84. The van der Waals surface area contributed by atoms with E-state index in [2.05, 4.69) is 10.6 Å². The number of amides is 2. The van der Waals surface area contributed by atoms with E-state index in [0.29, 0.717) is 26.2 Å². The molecule has 4 aromatic carbocycles. The molecule has 0 aliphatic rings. The van der Waals surface area contributed by atoms with Crippen molar-refractivity contribution >= 4 is 103 Å². The standard InChI is InChI=1S/C36H19Cl4FN2O5S2/c37-21-7-1-19(2-8-21)31(44)42-33-29(26(16-49-33)18-5-12-24(41)13-6-18)35(46)48-36(47)30-27(25-14-11-23(39)15-28(25)40)17-50-34(30)43-32(45)20-3-9-22(38)10-4-20/h1-17H,(H,42,44)(H,43,45). The first kappa shape index (κ1) is 35.3. The summed E-state index contributed by atoms with van der Waals surface area (Å²) in [6.07, 6.45) is 0. The molecule has 2 amide bonds. The molecule has 0 radical (unpaired) electrons. The van der Waals surface area contributed by atoms with Crippen LogP contribution < -0.4 is 10.6 Å². The van der Waals surface area contributed by atoms with E-state index >= 15 is 0 Å². The zero-order chi connectivity index (χ0) is 35.5. The van der Waals surface area contributed by atoms with Crippen molar-refractivity contribution in [2.45, 2.75) is 0 Å². The molecule has 0 spiro atoms. The van der Waals surface area contributed by atoms with E-state index in [1.165, 1.54) is 66.7 Å². The predicted octanol–water partition coefficient (Wildman–Crippen LogP) is 11.4. The van der Waals surface area contributed by atoms with E-state index in [1.54, 1.807) is 35.0 Å². The highest BCUT2D eigenvalue weighted by molar-refractivity contribution is 7.15. The molecular weight excluding hydrogens is 765 g/mol. The van der Waals surface area contributed by atoms with Gasteiger partial charge in [-0.25, -0.2) is 14.0 Å². The molecule has 0 aliphatic heterocycles. The molecule has 2 heterocycles. The van der Waals surface area contributed by atoms with Crippen LogP contribution in [0.5, 0.6) is 0 Å². The van der Waals surface area contributed by atoms with Gasteiger partial charge in [0.1, 0.15) is 26.9 Å². The first-order valence-electron chi connectivity index (χ1n) is 14.3. The number of anilines is 2. The lowest BCUT2D eigenvalue weighted by atomic mass is 10.0. The third-order valence-electron chi connectivity index (χ3n) is 7.22. The molecule has 6 aromatic rings. The lowest BCUT2D eigenvalue weighted by molar-refractivity contribution is 0.0401. The van der Waals surface area contributed by atoms with Gasteiger partial charge in [-0.05, 0) is 78.4 Å². The monoisotopic (exact) mass is 782 g/mol. The van der Waals surface area contributed by atoms with E-state index in [-0.39, 0.29) is 48.4 Å². The predicted molar refractivity (Wildman–Crippen MR) is 198 cm³/mol. The van der Waals surface area contributed by atoms with Gasteiger partial charge < -0.3 is 15.4 Å². The maximum absolute atomic E-state index is 14.0. The largest absolute Gasteiger partial charge is 0.386 e. The number of rotatable bonds is 8. The third kappa shape index (κ3) is 7.76. The van der Waals surface area contributed by atoms with E-state index in [9.17, 15) is 23.6 Å². The van der Waals surface area contributed by atoms with Gasteiger partial charge in [0.15, 0.2) is 0 Å². The molecule has 6 rings (SSSR count). The van der Waals surface area contributed by atoms with Crippen molar-refractivity contribution in [3.05, 3.63) is 150 Å². The summed E-state index contributed by atoms with van der Waals surface area (Å²) in [5, 5.41) is 10.1. The molecule has 0 atom stereocenters. The second-order valence-corrected chi connectivity index (χ2v) is 13.9. The third-order valence-corrected chi connectivity index (χ3v) is 10.1. The van der Waals surface area contributed by atoms with Crippen LogP contribution in [0.25, 0.3) is 22.3 Å². The van der Waals surface area contributed by atoms with Gasteiger partial charge in [-0.3, -0.25) is 9.59 Å². The Labute approximate surface area is 312 Å². The first-order valence-corrected chi connectivity index (χ1v) is 17.6. The number of ether oxygens (including phenoxy) is 1. The molecule has 50 heavy (non-hydrogen) atoms. The Morgan fingerprint density at radius 3 is 1.52 bits per heavy atom. The minimum absolute atomic E-state index is 0.0732. The molecule has 0 fully saturated rings. The molecule has 2 N–H and O–H groups in total. The molecule has 0 bridgehead atoms. The van der Waals surface area contributed by atoms with Crippen molar-refractivity contribution in [2.24, 2.45) is 0 Å². The fourth-order valence-electron chi connectivity index (χ4n) is 4.79. The van der Waals surface area contributed by atoms with Gasteiger partial charge in [0.05, 0.1) is 0 Å². The van der Waals surface area contributed by atoms with Crippen LogP contribution in [0.3, 0.4) is 0 Å². The lowest BCUT2D eigenvalue weighted by Crippen LogP contribution is -2.19. The van der Waals surface area contributed by atoms with Gasteiger partial charge >= 0.3 is 11.9 Å². The lowest BCUT2D eigenvalue weighted by Gasteiger charge is -2.12. The van der Waals surface area contributed by atoms with Gasteiger partial charge in [-0.1, -0.05) is 64.6 Å². The van der Waals surface area contributed by atoms with E-state index in [0.717, 1.165) is 22.7 Å². The highest BCUT2D eigenvalue weighted by Gasteiger charge is 2.30. The normalized spacial score (nSPS) is 10.8. The Balaban J connectivity index is 1.38. The zero-order valence-corrected chi connectivity index (χ0v) is 29.7. The molecule has 0 saturated heterocycles. The molecule has 0 unspecified atom stereocenters. The Kier molecular flexibility index (Phi) is 10.7. The Morgan fingerprint density at radius 2 is 1.02 bits per heavy atom. The van der Waals surface area contributed by atoms with Crippen molar-refractivity contribution in [3.8, 4) is 22.3 Å². The van der Waals surface area contributed by atoms with Crippen molar-refractivity contribution < 1.29 is 28.3 Å². The van der Waals surface area contributed by atoms with Crippen LogP contribution in [0.1, 0.15) is 41.4 Å². The minimum atomic E-state index is -1.12. The van der Waals surface area contributed by atoms with Crippen LogP contribution in [0.2, 0.25) is 20.1 Å². The number of nitrogens with one attached hydrogen (secondary N) is 2. The Morgan fingerprint density at radius 1 is 0.560 bits per heavy atom. The maximum atomic E-state index is 14.0. The van der Waals surface area contributed by atoms with Crippen LogP contribution in [0.15, 0.2) is 102 Å². The number of hydrogen-bond donors (Lipinski definition) is 2. The fourth-order valence-corrected chi connectivity index (χ4v) is 7.45. The molecule has 0 aliphatic carbocycles. The summed E-state index contributed by atoms with van der Waals surface area (Å²) >= 11 is 26.6. The molecular formula is C36H19Cl4FN2O5S2. The summed E-state index contributed by atoms with van der Waals surface area (Å²) in [5.41, 5.74) is 1.57. The van der Waals surface area contributed by atoms with Crippen molar-refractivity contribution in [1.29, 1.82) is 0 Å². The van der Waals surface area contributed by atoms with E-state index < -0.39 is 29.6 Å². The smallest absolute Gasteiger partial charge is 0.349 e. The van der Waals surface area contributed by atoms with Gasteiger partial charge in [-0.15, -0.1) is 22.7 Å². The quantitative estimate of drug-likeness (QED) is 0.118. The van der Waals surface area contributed by atoms with E-state index in [4.69, 9.17) is 51.1 Å². The minimum Gasteiger partial charge on any atom is -0.386 e. The number of esters is 2. The number of carbonyl (C=O) groups is 4. The number of halogens is 5. The second-order valence-electron chi connectivity index (χ2n) is 10.4. The maximum Gasteiger partial charge on any atom is 0.349 e. The van der Waals surface area contributed by atoms with Crippen LogP contribution in [0.4, 0.5) is 14.4 Å². The highest BCUT2D eigenvalue weighted by atomic mass is 35.5. The molecule has 7 nitrogen and oxygen atoms in total. The SMILES string of the molecule is O=C(Nc1scc(-c2ccc(F)cc2)c1C(=O)OC(=O)c1c(-c2ccc(Cl)cc2Cl)csc1NC(=O)c1ccc(Cl)cc1)c1ccc(Cl)cc1. The Hall–Kier alpha value is -4.55. The summed E-state index contributed by atoms with van der Waals surface area (Å²) in [4.78, 5) is 54.4. The second kappa shape index (κ2) is 15.1. The van der Waals surface area contributed by atoms with Crippen molar-refractivity contribution in [2.75, 3.05) is 10.6 Å². The topological polar surface area (TPSA) is 102 Å². The summed E-state index contributed by atoms with van der Waals surface area (Å²) in [7, 11) is 0.